The summed E-state index contributed by atoms with van der Waals surface area (Å²) < 4.78 is 10.9. The smallest absolute Gasteiger partial charge is 0.262 e. The average molecular weight is 297 g/mol. The summed E-state index contributed by atoms with van der Waals surface area (Å²) in [5.41, 5.74) is 1.70. The number of ether oxygens (including phenoxy) is 2. The fourth-order valence-corrected chi connectivity index (χ4v) is 1.85. The van der Waals surface area contributed by atoms with Crippen molar-refractivity contribution in [1.82, 2.24) is 0 Å². The van der Waals surface area contributed by atoms with Gasteiger partial charge >= 0.3 is 0 Å². The van der Waals surface area contributed by atoms with Crippen LogP contribution in [0.4, 0.5) is 5.69 Å². The highest BCUT2D eigenvalue weighted by atomic mass is 16.5. The molecule has 2 aromatic rings. The Kier molecular flexibility index (Phi) is 5.60. The lowest BCUT2D eigenvalue weighted by molar-refractivity contribution is -0.118. The molecule has 2 rings (SSSR count). The summed E-state index contributed by atoms with van der Waals surface area (Å²) in [6.45, 7) is 5.95. The van der Waals surface area contributed by atoms with E-state index in [2.05, 4.69) is 11.9 Å². The van der Waals surface area contributed by atoms with E-state index < -0.39 is 0 Å². The Hall–Kier alpha value is -2.75. The van der Waals surface area contributed by atoms with Gasteiger partial charge in [-0.1, -0.05) is 30.9 Å². The van der Waals surface area contributed by atoms with Crippen LogP contribution in [0.2, 0.25) is 0 Å². The molecule has 0 spiro atoms. The van der Waals surface area contributed by atoms with E-state index in [4.69, 9.17) is 9.47 Å². The van der Waals surface area contributed by atoms with E-state index in [-0.39, 0.29) is 12.5 Å². The minimum absolute atomic E-state index is 0.0282. The summed E-state index contributed by atoms with van der Waals surface area (Å²) in [6, 6.07) is 14.7. The van der Waals surface area contributed by atoms with Gasteiger partial charge in [0.2, 0.25) is 0 Å². The Bertz CT molecular complexity index is 635. The number of anilines is 1. The molecule has 2 aromatic carbocycles. The predicted molar refractivity (Wildman–Crippen MR) is 87.4 cm³/mol. The van der Waals surface area contributed by atoms with E-state index in [1.807, 2.05) is 31.2 Å². The van der Waals surface area contributed by atoms with E-state index in [1.54, 1.807) is 30.3 Å². The standard InChI is InChI=1S/C18H19NO3/c1-3-12-21-16-10-8-15(9-11-16)19-18(20)13-22-17-7-5-4-6-14(17)2/h3-11H,1,12-13H2,2H3,(H,19,20). The van der Waals surface area contributed by atoms with Crippen LogP contribution in [-0.4, -0.2) is 19.1 Å². The van der Waals surface area contributed by atoms with E-state index in [9.17, 15) is 4.79 Å². The fraction of sp³-hybridized carbons (Fsp3) is 0.167. The van der Waals surface area contributed by atoms with Gasteiger partial charge < -0.3 is 14.8 Å². The van der Waals surface area contributed by atoms with Gasteiger partial charge in [-0.15, -0.1) is 0 Å². The van der Waals surface area contributed by atoms with Crippen molar-refractivity contribution in [2.45, 2.75) is 6.92 Å². The molecule has 0 aliphatic heterocycles. The molecule has 0 radical (unpaired) electrons. The molecule has 4 nitrogen and oxygen atoms in total. The number of para-hydroxylation sites is 1. The molecule has 0 aliphatic rings. The number of nitrogens with one attached hydrogen (secondary N) is 1. The van der Waals surface area contributed by atoms with Crippen LogP contribution in [0, 0.1) is 6.92 Å². The molecule has 0 aliphatic carbocycles. The molecule has 0 bridgehead atoms. The lowest BCUT2D eigenvalue weighted by Crippen LogP contribution is -2.20. The molecular weight excluding hydrogens is 278 g/mol. The lowest BCUT2D eigenvalue weighted by atomic mass is 10.2. The summed E-state index contributed by atoms with van der Waals surface area (Å²) in [7, 11) is 0. The molecule has 0 fully saturated rings. The molecule has 1 N–H and O–H groups in total. The van der Waals surface area contributed by atoms with E-state index in [0.717, 1.165) is 11.3 Å². The Labute approximate surface area is 130 Å². The molecule has 0 aromatic heterocycles. The monoisotopic (exact) mass is 297 g/mol. The number of amides is 1. The van der Waals surface area contributed by atoms with Gasteiger partial charge in [-0.3, -0.25) is 4.79 Å². The maximum atomic E-state index is 11.9. The van der Waals surface area contributed by atoms with E-state index in [0.29, 0.717) is 18.0 Å². The van der Waals surface area contributed by atoms with Crippen molar-refractivity contribution in [3.63, 3.8) is 0 Å². The summed E-state index contributed by atoms with van der Waals surface area (Å²) in [4.78, 5) is 11.9. The second-order valence-electron chi connectivity index (χ2n) is 4.73. The number of benzene rings is 2. The summed E-state index contributed by atoms with van der Waals surface area (Å²) in [6.07, 6.45) is 1.68. The average Bonchev–Trinajstić information content (AvgIpc) is 2.53. The summed E-state index contributed by atoms with van der Waals surface area (Å²) >= 11 is 0. The first kappa shape index (κ1) is 15.6. The number of hydrogen-bond acceptors (Lipinski definition) is 3. The van der Waals surface area contributed by atoms with E-state index >= 15 is 0 Å². The number of carbonyl (C=O) groups is 1. The zero-order valence-electron chi connectivity index (χ0n) is 12.5. The minimum atomic E-state index is -0.206. The highest BCUT2D eigenvalue weighted by Crippen LogP contribution is 2.17. The van der Waals surface area contributed by atoms with Crippen molar-refractivity contribution < 1.29 is 14.3 Å². The van der Waals surface area contributed by atoms with Crippen molar-refractivity contribution in [2.24, 2.45) is 0 Å². The third-order valence-corrected chi connectivity index (χ3v) is 2.96. The second kappa shape index (κ2) is 7.88. The first-order valence-electron chi connectivity index (χ1n) is 7.01. The maximum Gasteiger partial charge on any atom is 0.262 e. The normalized spacial score (nSPS) is 9.86. The first-order valence-corrected chi connectivity index (χ1v) is 7.01. The molecule has 4 heteroatoms. The fourth-order valence-electron chi connectivity index (χ4n) is 1.85. The SMILES string of the molecule is C=CCOc1ccc(NC(=O)COc2ccccc2C)cc1. The van der Waals surface area contributed by atoms with Crippen LogP contribution in [0.5, 0.6) is 11.5 Å². The van der Waals surface area contributed by atoms with E-state index in [1.165, 1.54) is 0 Å². The Morgan fingerprint density at radius 3 is 2.55 bits per heavy atom. The van der Waals surface area contributed by atoms with Crippen LogP contribution in [0.3, 0.4) is 0 Å². The predicted octanol–water partition coefficient (Wildman–Crippen LogP) is 3.58. The minimum Gasteiger partial charge on any atom is -0.490 e. The van der Waals surface area contributed by atoms with Crippen LogP contribution in [0.15, 0.2) is 61.2 Å². The van der Waals surface area contributed by atoms with Crippen molar-refractivity contribution >= 4 is 11.6 Å². The molecular formula is C18H19NO3. The molecule has 114 valence electrons. The molecule has 0 heterocycles. The number of rotatable bonds is 7. The number of hydrogen-bond donors (Lipinski definition) is 1. The van der Waals surface area contributed by atoms with Crippen LogP contribution in [-0.2, 0) is 4.79 Å². The molecule has 1 amide bonds. The lowest BCUT2D eigenvalue weighted by Gasteiger charge is -2.10. The second-order valence-corrected chi connectivity index (χ2v) is 4.73. The molecule has 0 atom stereocenters. The zero-order chi connectivity index (χ0) is 15.8. The van der Waals surface area contributed by atoms with Gasteiger partial charge in [-0.2, -0.15) is 0 Å². The third kappa shape index (κ3) is 4.66. The van der Waals surface area contributed by atoms with Crippen LogP contribution in [0.25, 0.3) is 0 Å². The largest absolute Gasteiger partial charge is 0.490 e. The van der Waals surface area contributed by atoms with Gasteiger partial charge in [0.15, 0.2) is 6.61 Å². The Morgan fingerprint density at radius 1 is 1.14 bits per heavy atom. The molecule has 22 heavy (non-hydrogen) atoms. The number of aryl methyl sites for hydroxylation is 1. The highest BCUT2D eigenvalue weighted by molar-refractivity contribution is 5.91. The van der Waals surface area contributed by atoms with Crippen molar-refractivity contribution in [2.75, 3.05) is 18.5 Å². The summed E-state index contributed by atoms with van der Waals surface area (Å²) in [5.74, 6) is 1.24. The Balaban J connectivity index is 1.84. The van der Waals surface area contributed by atoms with Crippen LogP contribution in [0.1, 0.15) is 5.56 Å². The van der Waals surface area contributed by atoms with Gasteiger partial charge in [-0.25, -0.2) is 0 Å². The van der Waals surface area contributed by atoms with Gasteiger partial charge in [0.05, 0.1) is 0 Å². The van der Waals surface area contributed by atoms with Gasteiger partial charge in [-0.05, 0) is 42.8 Å². The van der Waals surface area contributed by atoms with Crippen molar-refractivity contribution in [3.05, 3.63) is 66.7 Å². The molecule has 0 saturated heterocycles. The topological polar surface area (TPSA) is 47.6 Å². The van der Waals surface area contributed by atoms with Crippen molar-refractivity contribution in [1.29, 1.82) is 0 Å². The van der Waals surface area contributed by atoms with Gasteiger partial charge in [0, 0.05) is 5.69 Å². The third-order valence-electron chi connectivity index (χ3n) is 2.96. The van der Waals surface area contributed by atoms with Gasteiger partial charge in [0.25, 0.3) is 5.91 Å². The zero-order valence-corrected chi connectivity index (χ0v) is 12.5. The molecule has 0 saturated carbocycles. The van der Waals surface area contributed by atoms with Crippen molar-refractivity contribution in [3.8, 4) is 11.5 Å². The summed E-state index contributed by atoms with van der Waals surface area (Å²) in [5, 5.41) is 2.78. The molecule has 0 unspecified atom stereocenters. The van der Waals surface area contributed by atoms with Gasteiger partial charge in [0.1, 0.15) is 18.1 Å². The van der Waals surface area contributed by atoms with Crippen LogP contribution < -0.4 is 14.8 Å². The highest BCUT2D eigenvalue weighted by Gasteiger charge is 2.05. The quantitative estimate of drug-likeness (QED) is 0.795. The van der Waals surface area contributed by atoms with Crippen LogP contribution >= 0.6 is 0 Å². The number of carbonyl (C=O) groups excluding carboxylic acids is 1. The first-order chi connectivity index (χ1) is 10.7. The Morgan fingerprint density at radius 2 is 1.86 bits per heavy atom. The maximum absolute atomic E-state index is 11.9.